The van der Waals surface area contributed by atoms with E-state index in [1.165, 1.54) is 0 Å². The van der Waals surface area contributed by atoms with E-state index in [1.54, 1.807) is 43.3 Å². The average Bonchev–Trinajstić information content (AvgIpc) is 3.49. The molecule has 1 atom stereocenters. The summed E-state index contributed by atoms with van der Waals surface area (Å²) in [5.74, 6) is 1.33. The summed E-state index contributed by atoms with van der Waals surface area (Å²) in [7, 11) is -3.87. The number of H-pyrrole nitrogens is 2. The van der Waals surface area contributed by atoms with Crippen LogP contribution in [0.25, 0.3) is 22.1 Å². The molecule has 0 bridgehead atoms. The van der Waals surface area contributed by atoms with E-state index in [4.69, 9.17) is 21.4 Å². The number of hydrogen-bond donors (Lipinski definition) is 5. The number of amidine groups is 1. The van der Waals surface area contributed by atoms with Crippen LogP contribution < -0.4 is 11.5 Å². The van der Waals surface area contributed by atoms with Crippen molar-refractivity contribution in [2.24, 2.45) is 11.5 Å². The molecule has 168 valence electrons. The molecule has 33 heavy (non-hydrogen) atoms. The van der Waals surface area contributed by atoms with Crippen LogP contribution in [0.4, 0.5) is 0 Å². The van der Waals surface area contributed by atoms with Gasteiger partial charge in [-0.25, -0.2) is 18.4 Å². The number of fused-ring (bicyclic) bond motifs is 2. The fourth-order valence-electron chi connectivity index (χ4n) is 3.69. The van der Waals surface area contributed by atoms with Crippen LogP contribution in [0.2, 0.25) is 0 Å². The number of nitrogens with two attached hydrogens (primary N) is 2. The van der Waals surface area contributed by atoms with Gasteiger partial charge in [0.05, 0.1) is 34.2 Å². The van der Waals surface area contributed by atoms with Crippen LogP contribution in [-0.4, -0.2) is 39.3 Å². The number of aromatic amines is 2. The smallest absolute Gasteiger partial charge is 0.203 e. The van der Waals surface area contributed by atoms with Gasteiger partial charge in [-0.15, -0.1) is 0 Å². The third-order valence-electron chi connectivity index (χ3n) is 5.41. The van der Waals surface area contributed by atoms with Gasteiger partial charge in [-0.2, -0.15) is 0 Å². The van der Waals surface area contributed by atoms with Crippen molar-refractivity contribution >= 4 is 37.7 Å². The van der Waals surface area contributed by atoms with Crippen molar-refractivity contribution in [3.05, 3.63) is 71.1 Å². The summed E-state index contributed by atoms with van der Waals surface area (Å²) in [6, 6.07) is 10.4. The average molecular weight is 465 g/mol. The number of nitrogen functional groups attached to an aromatic ring is 1. The molecule has 5 rings (SSSR count). The van der Waals surface area contributed by atoms with Crippen molar-refractivity contribution in [2.75, 3.05) is 0 Å². The zero-order chi connectivity index (χ0) is 23.3. The molecule has 1 unspecified atom stereocenters. The summed E-state index contributed by atoms with van der Waals surface area (Å²) in [4.78, 5) is 15.5. The predicted octanol–water partition coefficient (Wildman–Crippen LogP) is 2.04. The number of nitrogens with zero attached hydrogens (tertiary/aromatic N) is 3. The Balaban J connectivity index is 1.43. The Hall–Kier alpha value is -4.03. The van der Waals surface area contributed by atoms with E-state index in [0.29, 0.717) is 40.2 Å². The lowest BCUT2D eigenvalue weighted by Crippen LogP contribution is -2.22. The normalized spacial score (nSPS) is 13.0. The van der Waals surface area contributed by atoms with Crippen LogP contribution in [0.5, 0.6) is 0 Å². The maximum atomic E-state index is 12.9. The Morgan fingerprint density at radius 2 is 1.73 bits per heavy atom. The number of rotatable bonds is 6. The molecule has 0 aliphatic heterocycles. The maximum Gasteiger partial charge on any atom is 0.203 e. The summed E-state index contributed by atoms with van der Waals surface area (Å²) >= 11 is 0. The van der Waals surface area contributed by atoms with Crippen LogP contribution in [0, 0.1) is 12.3 Å². The van der Waals surface area contributed by atoms with Crippen LogP contribution in [0.1, 0.15) is 33.8 Å². The maximum absolute atomic E-state index is 12.9. The molecule has 3 heterocycles. The summed E-state index contributed by atoms with van der Waals surface area (Å²) in [5.41, 5.74) is 15.8. The first-order chi connectivity index (χ1) is 15.7. The molecule has 2 aromatic carbocycles. The van der Waals surface area contributed by atoms with Crippen molar-refractivity contribution in [2.45, 2.75) is 23.6 Å². The molecule has 0 radical (unpaired) electrons. The molecule has 12 heteroatoms. The first kappa shape index (κ1) is 20.8. The van der Waals surface area contributed by atoms with E-state index in [1.807, 2.05) is 0 Å². The second-order valence-electron chi connectivity index (χ2n) is 7.70. The minimum absolute atomic E-state index is 0.0134. The van der Waals surface area contributed by atoms with Crippen LogP contribution in [0.3, 0.4) is 0 Å². The van der Waals surface area contributed by atoms with Gasteiger partial charge in [0.15, 0.2) is 0 Å². The third-order valence-corrected chi connectivity index (χ3v) is 7.35. The number of aryl methyl sites for hydroxylation is 1. The van der Waals surface area contributed by atoms with Crippen molar-refractivity contribution in [3.63, 3.8) is 0 Å². The highest BCUT2D eigenvalue weighted by atomic mass is 32.2. The predicted molar refractivity (Wildman–Crippen MR) is 121 cm³/mol. The number of imidazole rings is 2. The fraction of sp³-hybridized carbons (Fsp3) is 0.143. The topological polar surface area (TPSA) is 193 Å². The van der Waals surface area contributed by atoms with Crippen molar-refractivity contribution in [3.8, 4) is 0 Å². The molecule has 11 nitrogen and oxygen atoms in total. The Morgan fingerprint density at radius 3 is 2.33 bits per heavy atom. The SMILES string of the molecule is Cc1nocc1S(=O)(=O)C(N)c1ccc2nc(Cc3nc4ccc(C(=N)N)cc4[nH]3)[nH]c2c1. The molecule has 0 aliphatic rings. The molecule has 0 spiro atoms. The number of benzene rings is 2. The number of aromatic nitrogens is 5. The van der Waals surface area contributed by atoms with Gasteiger partial charge in [0.1, 0.15) is 34.0 Å². The summed E-state index contributed by atoms with van der Waals surface area (Å²) in [6.07, 6.45) is 1.49. The largest absolute Gasteiger partial charge is 0.384 e. The summed E-state index contributed by atoms with van der Waals surface area (Å²) < 4.78 is 30.5. The van der Waals surface area contributed by atoms with Crippen molar-refractivity contribution in [1.29, 1.82) is 5.41 Å². The molecule has 3 aromatic heterocycles. The van der Waals surface area contributed by atoms with E-state index >= 15 is 0 Å². The quantitative estimate of drug-likeness (QED) is 0.186. The second-order valence-corrected chi connectivity index (χ2v) is 9.73. The Bertz CT molecular complexity index is 1630. The standard InChI is InChI=1S/C21H20N8O3S/c1-10-17(9-32-29-10)33(30,31)21(24)12-3-5-14-16(7-12)28-19(26-14)8-18-25-13-4-2-11(20(22)23)6-15(13)27-18/h2-7,9,21H,8,24H2,1H3,(H3,22,23)(H,25,27)(H,26,28). The highest BCUT2D eigenvalue weighted by molar-refractivity contribution is 7.91. The van der Waals surface area contributed by atoms with Gasteiger partial charge in [0.25, 0.3) is 0 Å². The van der Waals surface area contributed by atoms with Gasteiger partial charge in [-0.1, -0.05) is 11.2 Å². The zero-order valence-corrected chi connectivity index (χ0v) is 18.3. The molecule has 7 N–H and O–H groups in total. The molecule has 0 aliphatic carbocycles. The van der Waals surface area contributed by atoms with Gasteiger partial charge in [0.2, 0.25) is 9.84 Å². The second kappa shape index (κ2) is 7.53. The lowest BCUT2D eigenvalue weighted by molar-refractivity contribution is 0.413. The Morgan fingerprint density at radius 1 is 1.09 bits per heavy atom. The number of nitrogens with one attached hydrogen (secondary N) is 3. The highest BCUT2D eigenvalue weighted by Crippen LogP contribution is 2.28. The van der Waals surface area contributed by atoms with Crippen LogP contribution in [-0.2, 0) is 16.3 Å². The lowest BCUT2D eigenvalue weighted by Gasteiger charge is -2.12. The van der Waals surface area contributed by atoms with Gasteiger partial charge in [0, 0.05) is 5.56 Å². The molecule has 0 amide bonds. The number of hydrogen-bond acceptors (Lipinski definition) is 8. The fourth-order valence-corrected chi connectivity index (χ4v) is 5.09. The first-order valence-electron chi connectivity index (χ1n) is 9.94. The Labute approximate surface area is 187 Å². The van der Waals surface area contributed by atoms with E-state index in [2.05, 4.69) is 25.1 Å². The van der Waals surface area contributed by atoms with E-state index in [0.717, 1.165) is 17.3 Å². The highest BCUT2D eigenvalue weighted by Gasteiger charge is 2.29. The summed E-state index contributed by atoms with van der Waals surface area (Å²) in [6.45, 7) is 1.55. The molecule has 5 aromatic rings. The Kier molecular flexibility index (Phi) is 4.76. The number of sulfone groups is 1. The van der Waals surface area contributed by atoms with E-state index < -0.39 is 15.2 Å². The molecule has 0 fully saturated rings. The van der Waals surface area contributed by atoms with Gasteiger partial charge >= 0.3 is 0 Å². The zero-order valence-electron chi connectivity index (χ0n) is 17.5. The minimum atomic E-state index is -3.87. The van der Waals surface area contributed by atoms with Gasteiger partial charge in [-0.05, 0) is 42.8 Å². The molecule has 0 saturated carbocycles. The monoisotopic (exact) mass is 464 g/mol. The van der Waals surface area contributed by atoms with Crippen LogP contribution in [0.15, 0.2) is 52.1 Å². The molecular formula is C21H20N8O3S. The van der Waals surface area contributed by atoms with E-state index in [-0.39, 0.29) is 16.4 Å². The minimum Gasteiger partial charge on any atom is -0.384 e. The van der Waals surface area contributed by atoms with E-state index in [9.17, 15) is 8.42 Å². The summed E-state index contributed by atoms with van der Waals surface area (Å²) in [5, 5.41) is 9.92. The van der Waals surface area contributed by atoms with Crippen molar-refractivity contribution in [1.82, 2.24) is 25.1 Å². The lowest BCUT2D eigenvalue weighted by atomic mass is 10.2. The molecule has 0 saturated heterocycles. The van der Waals surface area contributed by atoms with Gasteiger partial charge in [-0.3, -0.25) is 5.41 Å². The first-order valence-corrected chi connectivity index (χ1v) is 11.5. The molecular weight excluding hydrogens is 444 g/mol. The third kappa shape index (κ3) is 3.64. The van der Waals surface area contributed by atoms with Gasteiger partial charge < -0.3 is 26.0 Å². The van der Waals surface area contributed by atoms with Crippen LogP contribution >= 0.6 is 0 Å². The van der Waals surface area contributed by atoms with Crippen molar-refractivity contribution < 1.29 is 12.9 Å².